The standard InChI is InChI=1S/C17H18ClN5OS/c1-2-23-13(6-7-19-23)16(24)21-8-10-22(11-9-21)17-20-15-12(18)4-3-5-14(15)25-17/h3-7H,2,8-11H2,1H3. The minimum atomic E-state index is 0.0475. The number of carbonyl (C=O) groups is 1. The summed E-state index contributed by atoms with van der Waals surface area (Å²) in [5.74, 6) is 0.0475. The number of halogens is 1. The number of carbonyl (C=O) groups excluding carboxylic acids is 1. The van der Waals surface area contributed by atoms with E-state index in [-0.39, 0.29) is 5.91 Å². The van der Waals surface area contributed by atoms with Crippen molar-refractivity contribution in [3.05, 3.63) is 41.2 Å². The molecular formula is C17H18ClN5OS. The summed E-state index contributed by atoms with van der Waals surface area (Å²) in [6.07, 6.45) is 1.68. The molecule has 3 heterocycles. The van der Waals surface area contributed by atoms with Crippen molar-refractivity contribution >= 4 is 44.2 Å². The van der Waals surface area contributed by atoms with E-state index in [1.54, 1.807) is 28.3 Å². The number of fused-ring (bicyclic) bond motifs is 1. The second kappa shape index (κ2) is 6.65. The van der Waals surface area contributed by atoms with Gasteiger partial charge in [-0.3, -0.25) is 9.48 Å². The second-order valence-electron chi connectivity index (χ2n) is 5.89. The summed E-state index contributed by atoms with van der Waals surface area (Å²) in [6, 6.07) is 7.63. The minimum Gasteiger partial charge on any atom is -0.345 e. The Morgan fingerprint density at radius 3 is 2.76 bits per heavy atom. The van der Waals surface area contributed by atoms with Crippen LogP contribution in [0.3, 0.4) is 0 Å². The number of aryl methyl sites for hydroxylation is 1. The van der Waals surface area contributed by atoms with Gasteiger partial charge in [-0.2, -0.15) is 5.10 Å². The van der Waals surface area contributed by atoms with Gasteiger partial charge in [-0.15, -0.1) is 0 Å². The van der Waals surface area contributed by atoms with Crippen LogP contribution in [0.5, 0.6) is 0 Å². The SMILES string of the molecule is CCn1nccc1C(=O)N1CCN(c2nc3c(Cl)cccc3s2)CC1. The lowest BCUT2D eigenvalue weighted by Crippen LogP contribution is -2.49. The normalized spacial score (nSPS) is 15.1. The summed E-state index contributed by atoms with van der Waals surface area (Å²) in [6.45, 7) is 5.57. The van der Waals surface area contributed by atoms with Crippen LogP contribution in [0.1, 0.15) is 17.4 Å². The van der Waals surface area contributed by atoms with Crippen molar-refractivity contribution in [2.24, 2.45) is 0 Å². The van der Waals surface area contributed by atoms with Crippen LogP contribution in [-0.2, 0) is 6.54 Å². The molecule has 0 spiro atoms. The van der Waals surface area contributed by atoms with Gasteiger partial charge in [-0.1, -0.05) is 29.0 Å². The Morgan fingerprint density at radius 2 is 2.04 bits per heavy atom. The lowest BCUT2D eigenvalue weighted by molar-refractivity contribution is 0.0734. The third-order valence-electron chi connectivity index (χ3n) is 4.43. The summed E-state index contributed by atoms with van der Waals surface area (Å²) in [5, 5.41) is 5.83. The summed E-state index contributed by atoms with van der Waals surface area (Å²) in [7, 11) is 0. The zero-order valence-corrected chi connectivity index (χ0v) is 15.4. The summed E-state index contributed by atoms with van der Waals surface area (Å²) < 4.78 is 2.83. The Labute approximate surface area is 154 Å². The number of para-hydroxylation sites is 1. The molecule has 1 amide bonds. The van der Waals surface area contributed by atoms with E-state index in [4.69, 9.17) is 11.6 Å². The molecule has 8 heteroatoms. The topological polar surface area (TPSA) is 54.3 Å². The van der Waals surface area contributed by atoms with Crippen molar-refractivity contribution in [1.29, 1.82) is 0 Å². The monoisotopic (exact) mass is 375 g/mol. The van der Waals surface area contributed by atoms with E-state index in [1.165, 1.54) is 0 Å². The largest absolute Gasteiger partial charge is 0.345 e. The van der Waals surface area contributed by atoms with Crippen molar-refractivity contribution in [1.82, 2.24) is 19.7 Å². The molecule has 0 unspecified atom stereocenters. The summed E-state index contributed by atoms with van der Waals surface area (Å²) in [5.41, 5.74) is 1.51. The molecule has 0 saturated carbocycles. The zero-order valence-electron chi connectivity index (χ0n) is 13.9. The first-order valence-electron chi connectivity index (χ1n) is 8.28. The minimum absolute atomic E-state index is 0.0475. The Balaban J connectivity index is 1.47. The number of thiazole rings is 1. The average molecular weight is 376 g/mol. The first kappa shape index (κ1) is 16.4. The van der Waals surface area contributed by atoms with Gasteiger partial charge in [0.2, 0.25) is 0 Å². The number of amides is 1. The van der Waals surface area contributed by atoms with Crippen LogP contribution in [-0.4, -0.2) is 51.8 Å². The van der Waals surface area contributed by atoms with Crippen molar-refractivity contribution in [3.8, 4) is 0 Å². The van der Waals surface area contributed by atoms with Crippen molar-refractivity contribution in [2.75, 3.05) is 31.1 Å². The first-order valence-corrected chi connectivity index (χ1v) is 9.48. The van der Waals surface area contributed by atoms with Crippen LogP contribution in [0, 0.1) is 0 Å². The molecule has 0 aliphatic carbocycles. The number of hydrogen-bond donors (Lipinski definition) is 0. The van der Waals surface area contributed by atoms with Crippen LogP contribution in [0.25, 0.3) is 10.2 Å². The predicted octanol–water partition coefficient (Wildman–Crippen LogP) is 3.13. The van der Waals surface area contributed by atoms with E-state index in [0.717, 1.165) is 28.4 Å². The lowest BCUT2D eigenvalue weighted by Gasteiger charge is -2.34. The van der Waals surface area contributed by atoms with Crippen LogP contribution < -0.4 is 4.90 Å². The Hall–Kier alpha value is -2.12. The Bertz CT molecular complexity index is 913. The van der Waals surface area contributed by atoms with Crippen LogP contribution >= 0.6 is 22.9 Å². The molecule has 25 heavy (non-hydrogen) atoms. The fourth-order valence-electron chi connectivity index (χ4n) is 3.07. The fourth-order valence-corrected chi connectivity index (χ4v) is 4.38. The third-order valence-corrected chi connectivity index (χ3v) is 5.82. The quantitative estimate of drug-likeness (QED) is 0.705. The molecule has 2 aromatic heterocycles. The van der Waals surface area contributed by atoms with E-state index in [1.807, 2.05) is 30.0 Å². The van der Waals surface area contributed by atoms with Crippen molar-refractivity contribution in [2.45, 2.75) is 13.5 Å². The van der Waals surface area contributed by atoms with Crippen LogP contribution in [0.4, 0.5) is 5.13 Å². The van der Waals surface area contributed by atoms with Gasteiger partial charge in [-0.05, 0) is 25.1 Å². The molecule has 0 bridgehead atoms. The van der Waals surface area contributed by atoms with Gasteiger partial charge in [-0.25, -0.2) is 4.98 Å². The molecule has 1 aromatic carbocycles. The van der Waals surface area contributed by atoms with Gasteiger partial charge in [0.25, 0.3) is 5.91 Å². The molecule has 1 saturated heterocycles. The van der Waals surface area contributed by atoms with Gasteiger partial charge in [0.05, 0.1) is 9.72 Å². The van der Waals surface area contributed by atoms with Gasteiger partial charge >= 0.3 is 0 Å². The fraction of sp³-hybridized carbons (Fsp3) is 0.353. The molecule has 3 aromatic rings. The number of hydrogen-bond acceptors (Lipinski definition) is 5. The maximum atomic E-state index is 12.7. The highest BCUT2D eigenvalue weighted by molar-refractivity contribution is 7.22. The maximum Gasteiger partial charge on any atom is 0.272 e. The molecule has 130 valence electrons. The van der Waals surface area contributed by atoms with Crippen molar-refractivity contribution < 1.29 is 4.79 Å². The van der Waals surface area contributed by atoms with E-state index >= 15 is 0 Å². The number of piperazine rings is 1. The maximum absolute atomic E-state index is 12.7. The van der Waals surface area contributed by atoms with E-state index in [0.29, 0.717) is 30.4 Å². The van der Waals surface area contributed by atoms with Gasteiger partial charge in [0.15, 0.2) is 5.13 Å². The number of benzene rings is 1. The number of rotatable bonds is 3. The molecule has 0 radical (unpaired) electrons. The Morgan fingerprint density at radius 1 is 1.24 bits per heavy atom. The highest BCUT2D eigenvalue weighted by Crippen LogP contribution is 2.33. The van der Waals surface area contributed by atoms with E-state index in [9.17, 15) is 4.79 Å². The molecule has 6 nitrogen and oxygen atoms in total. The number of aromatic nitrogens is 3. The summed E-state index contributed by atoms with van der Waals surface area (Å²) >= 11 is 7.87. The molecule has 0 N–H and O–H groups in total. The van der Waals surface area contributed by atoms with Crippen LogP contribution in [0.2, 0.25) is 5.02 Å². The highest BCUT2D eigenvalue weighted by atomic mass is 35.5. The Kier molecular flexibility index (Phi) is 4.35. The zero-order chi connectivity index (χ0) is 17.4. The molecule has 1 aliphatic heterocycles. The van der Waals surface area contributed by atoms with Crippen molar-refractivity contribution in [3.63, 3.8) is 0 Å². The van der Waals surface area contributed by atoms with Gasteiger partial charge in [0.1, 0.15) is 11.2 Å². The molecule has 1 aliphatic rings. The predicted molar refractivity (Wildman–Crippen MR) is 101 cm³/mol. The molecule has 4 rings (SSSR count). The molecule has 1 fully saturated rings. The average Bonchev–Trinajstić information content (AvgIpc) is 3.28. The number of anilines is 1. The summed E-state index contributed by atoms with van der Waals surface area (Å²) in [4.78, 5) is 21.5. The third kappa shape index (κ3) is 2.98. The van der Waals surface area contributed by atoms with Gasteiger partial charge in [0, 0.05) is 38.9 Å². The lowest BCUT2D eigenvalue weighted by atomic mass is 10.3. The smallest absolute Gasteiger partial charge is 0.272 e. The highest BCUT2D eigenvalue weighted by Gasteiger charge is 2.25. The van der Waals surface area contributed by atoms with Gasteiger partial charge < -0.3 is 9.80 Å². The molecular weight excluding hydrogens is 358 g/mol. The van der Waals surface area contributed by atoms with E-state index < -0.39 is 0 Å². The molecule has 0 atom stereocenters. The number of nitrogens with zero attached hydrogens (tertiary/aromatic N) is 5. The first-order chi connectivity index (χ1) is 12.2. The van der Waals surface area contributed by atoms with Crippen LogP contribution in [0.15, 0.2) is 30.5 Å². The second-order valence-corrected chi connectivity index (χ2v) is 7.31. The van der Waals surface area contributed by atoms with E-state index in [2.05, 4.69) is 15.0 Å².